The van der Waals surface area contributed by atoms with Gasteiger partial charge in [-0.3, -0.25) is 38.4 Å². The summed E-state index contributed by atoms with van der Waals surface area (Å²) in [6.07, 6.45) is 5.06. The summed E-state index contributed by atoms with van der Waals surface area (Å²) in [6, 6.07) is 18.3. The van der Waals surface area contributed by atoms with Crippen molar-refractivity contribution in [2.24, 2.45) is 23.5 Å². The number of hydrogen-bond donors (Lipinski definition) is 11. The molecular formula is C61H84N12O10. The van der Waals surface area contributed by atoms with Gasteiger partial charge in [0.25, 0.3) is 5.91 Å². The zero-order valence-electron chi connectivity index (χ0n) is 49.1. The molecule has 0 bridgehead atoms. The minimum Gasteiger partial charge on any atom is -0.459 e. The van der Waals surface area contributed by atoms with E-state index in [1.54, 1.807) is 80.8 Å². The predicted molar refractivity (Wildman–Crippen MR) is 314 cm³/mol. The molecule has 22 nitrogen and oxygen atoms in total. The van der Waals surface area contributed by atoms with Crippen molar-refractivity contribution in [1.82, 2.24) is 57.5 Å². The van der Waals surface area contributed by atoms with E-state index >= 15 is 14.4 Å². The van der Waals surface area contributed by atoms with Crippen molar-refractivity contribution in [2.45, 2.75) is 162 Å². The Kier molecular flexibility index (Phi) is 25.0. The van der Waals surface area contributed by atoms with E-state index < -0.39 is 108 Å². The summed E-state index contributed by atoms with van der Waals surface area (Å²) in [5, 5.41) is 22.8. The van der Waals surface area contributed by atoms with E-state index in [1.807, 2.05) is 44.2 Å². The van der Waals surface area contributed by atoms with Crippen molar-refractivity contribution >= 4 is 64.1 Å². The van der Waals surface area contributed by atoms with E-state index in [9.17, 15) is 28.8 Å². The number of nitrogens with one attached hydrogen (secondary N) is 10. The highest BCUT2D eigenvalue weighted by molar-refractivity contribution is 6.12. The highest BCUT2D eigenvalue weighted by atomic mass is 16.5. The number of nitrogens with zero attached hydrogens (tertiary/aromatic N) is 1. The standard InChI is InChI=1S/C61H84N12O10/c1-36(2)26-44(27-37(3)4)69-55(77)50(29-45-32-63-35-66-45)70-52(75)33-65-58(80)53(38(5)6)72-54(76)40(9)68-59(81)61(60(82)83-34-42-20-14-11-15-21-42,30-43-31-64-47-23-17-16-22-46(43)47)73-57(79)48(24-25-51(62)74)71-56(78)49(67-39(7)8)28-41-18-12-10-13-19-41/h10-23,31-32,35-40,44,48-50,53,64,67H,24-30,33-34H2,1-9H3,(H2,62,74)(H,63,66)(H,65,80)(H,68,81)(H,69,77)(H,70,75)(H,71,78)(H,72,76)(H,73,79)/t40-,48-,49+,50-,53-,61?/m0/s1. The molecule has 6 atom stereocenters. The van der Waals surface area contributed by atoms with E-state index in [1.165, 1.54) is 13.3 Å². The maximum atomic E-state index is 15.3. The molecule has 5 aromatic rings. The van der Waals surface area contributed by atoms with Crippen LogP contribution in [-0.4, -0.2) is 123 Å². The number of nitrogens with two attached hydrogens (primary N) is 1. The lowest BCUT2D eigenvalue weighted by molar-refractivity contribution is -0.160. The predicted octanol–water partition coefficient (Wildman–Crippen LogP) is 3.46. The van der Waals surface area contributed by atoms with Crippen molar-refractivity contribution in [3.8, 4) is 0 Å². The Bertz CT molecular complexity index is 2940. The van der Waals surface area contributed by atoms with Crippen molar-refractivity contribution in [1.29, 1.82) is 0 Å². The first kappa shape index (κ1) is 65.4. The Morgan fingerprint density at radius 1 is 0.639 bits per heavy atom. The molecule has 0 aliphatic heterocycles. The van der Waals surface area contributed by atoms with Gasteiger partial charge in [-0.25, -0.2) is 9.78 Å². The molecule has 448 valence electrons. The number of aromatic amines is 2. The largest absolute Gasteiger partial charge is 0.459 e. The molecule has 0 radical (unpaired) electrons. The first-order valence-electron chi connectivity index (χ1n) is 28.4. The van der Waals surface area contributed by atoms with Gasteiger partial charge in [0.2, 0.25) is 46.9 Å². The summed E-state index contributed by atoms with van der Waals surface area (Å²) in [5.74, 6) is -7.60. The Hall–Kier alpha value is -8.40. The number of fused-ring (bicyclic) bond motifs is 1. The summed E-state index contributed by atoms with van der Waals surface area (Å²) in [5.41, 5.74) is 5.86. The summed E-state index contributed by atoms with van der Waals surface area (Å²) < 4.78 is 5.90. The van der Waals surface area contributed by atoms with E-state index in [0.29, 0.717) is 39.6 Å². The number of para-hydroxylation sites is 1. The van der Waals surface area contributed by atoms with Crippen LogP contribution in [-0.2, 0) is 73.8 Å². The molecule has 2 aromatic heterocycles. The SMILES string of the molecule is CC(C)CC(CC(C)C)NC(=O)[C@H](Cc1cnc[nH]1)NC(=O)CNC(=O)[C@@H](NC(=O)[C@H](C)NC(=O)C(Cc1c[nH]c2ccccc12)(NC(=O)[C@H](CCC(N)=O)NC(=O)[C@@H](Cc1ccccc1)NC(C)C)C(=O)OCc1ccccc1)C(C)C. The minimum atomic E-state index is -2.70. The Balaban J connectivity index is 1.42. The molecule has 8 amide bonds. The Morgan fingerprint density at radius 2 is 1.27 bits per heavy atom. The second-order valence-corrected chi connectivity index (χ2v) is 22.6. The number of hydrogen-bond acceptors (Lipinski definition) is 12. The molecule has 0 aliphatic rings. The number of carbonyl (C=O) groups excluding carboxylic acids is 9. The van der Waals surface area contributed by atoms with Gasteiger partial charge in [-0.2, -0.15) is 0 Å². The number of rotatable bonds is 33. The summed E-state index contributed by atoms with van der Waals surface area (Å²) in [4.78, 5) is 138. The summed E-state index contributed by atoms with van der Waals surface area (Å²) in [6.45, 7) is 15.7. The topological polar surface area (TPSA) is 330 Å². The highest BCUT2D eigenvalue weighted by Gasteiger charge is 2.51. The van der Waals surface area contributed by atoms with Gasteiger partial charge in [0.05, 0.1) is 18.9 Å². The van der Waals surface area contributed by atoms with Gasteiger partial charge < -0.3 is 63.0 Å². The quantitative estimate of drug-likeness (QED) is 0.0213. The first-order valence-corrected chi connectivity index (χ1v) is 28.4. The van der Waals surface area contributed by atoms with Crippen molar-refractivity contribution < 1.29 is 47.9 Å². The van der Waals surface area contributed by atoms with Crippen LogP contribution in [0.4, 0.5) is 0 Å². The summed E-state index contributed by atoms with van der Waals surface area (Å²) >= 11 is 0. The third kappa shape index (κ3) is 20.5. The number of amides is 8. The molecule has 3 aromatic carbocycles. The van der Waals surface area contributed by atoms with Crippen LogP contribution in [0.3, 0.4) is 0 Å². The lowest BCUT2D eigenvalue weighted by Gasteiger charge is -2.34. The van der Waals surface area contributed by atoms with Crippen LogP contribution in [0.25, 0.3) is 10.9 Å². The van der Waals surface area contributed by atoms with E-state index in [4.69, 9.17) is 10.5 Å². The number of carbonyl (C=O) groups is 9. The third-order valence-electron chi connectivity index (χ3n) is 13.8. The molecule has 2 heterocycles. The third-order valence-corrected chi connectivity index (χ3v) is 13.8. The number of esters is 1. The smallest absolute Gasteiger partial charge is 0.342 e. The number of benzene rings is 3. The van der Waals surface area contributed by atoms with Gasteiger partial charge in [-0.05, 0) is 73.1 Å². The Labute approximate surface area is 485 Å². The lowest BCUT2D eigenvalue weighted by Crippen LogP contribution is -2.69. The Morgan fingerprint density at radius 3 is 1.87 bits per heavy atom. The zero-order valence-corrected chi connectivity index (χ0v) is 49.1. The fourth-order valence-electron chi connectivity index (χ4n) is 9.61. The first-order chi connectivity index (χ1) is 39.4. The highest BCUT2D eigenvalue weighted by Crippen LogP contribution is 2.26. The van der Waals surface area contributed by atoms with Crippen LogP contribution >= 0.6 is 0 Å². The van der Waals surface area contributed by atoms with E-state index in [2.05, 4.69) is 85.2 Å². The number of aromatic nitrogens is 3. The van der Waals surface area contributed by atoms with Crippen molar-refractivity contribution in [3.63, 3.8) is 0 Å². The van der Waals surface area contributed by atoms with Crippen LogP contribution in [0, 0.1) is 17.8 Å². The van der Waals surface area contributed by atoms with Gasteiger partial charge in [0.1, 0.15) is 30.8 Å². The van der Waals surface area contributed by atoms with Crippen LogP contribution in [0.1, 0.15) is 110 Å². The van der Waals surface area contributed by atoms with E-state index in [0.717, 1.165) is 18.4 Å². The number of primary amides is 1. The second-order valence-electron chi connectivity index (χ2n) is 22.6. The molecule has 5 rings (SSSR count). The number of H-pyrrole nitrogens is 2. The molecule has 1 unspecified atom stereocenters. The zero-order chi connectivity index (χ0) is 60.8. The molecule has 0 fully saturated rings. The fraction of sp³-hybridized carbons (Fsp3) is 0.475. The molecule has 0 aliphatic carbocycles. The maximum Gasteiger partial charge on any atom is 0.342 e. The normalized spacial score (nSPS) is 14.0. The van der Waals surface area contributed by atoms with Crippen molar-refractivity contribution in [3.05, 3.63) is 126 Å². The maximum absolute atomic E-state index is 15.3. The number of ether oxygens (including phenoxy) is 1. The molecule has 0 saturated carbocycles. The van der Waals surface area contributed by atoms with Crippen LogP contribution in [0.15, 0.2) is 104 Å². The monoisotopic (exact) mass is 1140 g/mol. The molecule has 12 N–H and O–H groups in total. The average molecular weight is 1150 g/mol. The van der Waals surface area contributed by atoms with Crippen LogP contribution in [0.2, 0.25) is 0 Å². The van der Waals surface area contributed by atoms with Crippen LogP contribution < -0.4 is 48.3 Å². The van der Waals surface area contributed by atoms with Gasteiger partial charge >= 0.3 is 5.97 Å². The van der Waals surface area contributed by atoms with Crippen molar-refractivity contribution in [2.75, 3.05) is 6.54 Å². The number of imidazole rings is 1. The lowest BCUT2D eigenvalue weighted by atomic mass is 9.88. The molecular weight excluding hydrogens is 1060 g/mol. The van der Waals surface area contributed by atoms with Gasteiger partial charge in [0, 0.05) is 60.3 Å². The van der Waals surface area contributed by atoms with Crippen LogP contribution in [0.5, 0.6) is 0 Å². The van der Waals surface area contributed by atoms with E-state index in [-0.39, 0.29) is 44.4 Å². The fourth-order valence-corrected chi connectivity index (χ4v) is 9.61. The molecule has 22 heteroatoms. The molecule has 0 spiro atoms. The van der Waals surface area contributed by atoms with Gasteiger partial charge in [-0.15, -0.1) is 0 Å². The second kappa shape index (κ2) is 31.7. The molecule has 83 heavy (non-hydrogen) atoms. The van der Waals surface area contributed by atoms with Gasteiger partial charge in [-0.1, -0.05) is 134 Å². The average Bonchev–Trinajstić information content (AvgIpc) is 3.68. The van der Waals surface area contributed by atoms with Gasteiger partial charge in [0.15, 0.2) is 0 Å². The minimum absolute atomic E-state index is 0.0889. The molecule has 0 saturated heterocycles. The summed E-state index contributed by atoms with van der Waals surface area (Å²) in [7, 11) is 0.